The molecule has 1 atom stereocenters. The summed E-state index contributed by atoms with van der Waals surface area (Å²) in [6.07, 6.45) is 3.15. The summed E-state index contributed by atoms with van der Waals surface area (Å²) in [6.45, 7) is -0.000983. The molecule has 0 fully saturated rings. The van der Waals surface area contributed by atoms with Crippen LogP contribution in [0.4, 0.5) is 0 Å². The molecule has 0 saturated carbocycles. The molecule has 1 amide bonds. The Morgan fingerprint density at radius 3 is 2.95 bits per heavy atom. The van der Waals surface area contributed by atoms with E-state index in [2.05, 4.69) is 17.4 Å². The second-order valence-corrected chi connectivity index (χ2v) is 5.89. The van der Waals surface area contributed by atoms with Crippen LogP contribution in [-0.4, -0.2) is 12.5 Å². The zero-order valence-electron chi connectivity index (χ0n) is 12.2. The Labute approximate surface area is 135 Å². The minimum Gasteiger partial charge on any atom is -0.484 e. The van der Waals surface area contributed by atoms with Crippen LogP contribution < -0.4 is 10.1 Å². The van der Waals surface area contributed by atoms with Gasteiger partial charge in [-0.1, -0.05) is 41.9 Å². The fourth-order valence-corrected chi connectivity index (χ4v) is 3.03. The van der Waals surface area contributed by atoms with Gasteiger partial charge in [-0.3, -0.25) is 4.79 Å². The normalized spacial score (nSPS) is 16.7. The molecule has 0 aromatic heterocycles. The topological polar surface area (TPSA) is 38.3 Å². The Morgan fingerprint density at radius 1 is 1.23 bits per heavy atom. The van der Waals surface area contributed by atoms with Crippen molar-refractivity contribution in [1.29, 1.82) is 0 Å². The lowest BCUT2D eigenvalue weighted by atomic mass is 9.88. The van der Waals surface area contributed by atoms with E-state index >= 15 is 0 Å². The number of hydrogen-bond acceptors (Lipinski definition) is 2. The van der Waals surface area contributed by atoms with Crippen LogP contribution in [-0.2, 0) is 11.2 Å². The quantitative estimate of drug-likeness (QED) is 0.929. The maximum absolute atomic E-state index is 12.1. The van der Waals surface area contributed by atoms with Gasteiger partial charge in [-0.15, -0.1) is 0 Å². The molecule has 4 heteroatoms. The van der Waals surface area contributed by atoms with Gasteiger partial charge in [-0.25, -0.2) is 0 Å². The van der Waals surface area contributed by atoms with E-state index in [1.165, 1.54) is 11.1 Å². The van der Waals surface area contributed by atoms with Crippen molar-refractivity contribution in [3.63, 3.8) is 0 Å². The van der Waals surface area contributed by atoms with Crippen molar-refractivity contribution in [2.45, 2.75) is 25.3 Å². The fourth-order valence-electron chi connectivity index (χ4n) is 2.85. The molecular formula is C18H18ClNO2. The highest BCUT2D eigenvalue weighted by Crippen LogP contribution is 2.29. The number of carbonyl (C=O) groups excluding carboxylic acids is 1. The molecule has 0 spiro atoms. The van der Waals surface area contributed by atoms with Crippen LogP contribution in [0.15, 0.2) is 48.5 Å². The molecule has 3 nitrogen and oxygen atoms in total. The van der Waals surface area contributed by atoms with Crippen LogP contribution in [0.5, 0.6) is 5.75 Å². The first kappa shape index (κ1) is 14.9. The Bertz CT molecular complexity index is 672. The van der Waals surface area contributed by atoms with E-state index in [1.54, 1.807) is 24.3 Å². The molecule has 0 bridgehead atoms. The third-order valence-corrected chi connectivity index (χ3v) is 4.11. The van der Waals surface area contributed by atoms with Crippen LogP contribution in [0.3, 0.4) is 0 Å². The number of fused-ring (bicyclic) bond motifs is 1. The molecule has 1 unspecified atom stereocenters. The summed E-state index contributed by atoms with van der Waals surface area (Å²) < 4.78 is 5.48. The Kier molecular flexibility index (Phi) is 4.64. The molecule has 2 aromatic carbocycles. The fraction of sp³-hybridized carbons (Fsp3) is 0.278. The van der Waals surface area contributed by atoms with Crippen molar-refractivity contribution in [3.05, 3.63) is 64.7 Å². The van der Waals surface area contributed by atoms with Gasteiger partial charge in [0, 0.05) is 5.02 Å². The summed E-state index contributed by atoms with van der Waals surface area (Å²) >= 11 is 5.89. The monoisotopic (exact) mass is 315 g/mol. The number of amides is 1. The van der Waals surface area contributed by atoms with Gasteiger partial charge in [0.25, 0.3) is 5.91 Å². The van der Waals surface area contributed by atoms with Gasteiger partial charge in [0.1, 0.15) is 5.75 Å². The minimum absolute atomic E-state index is 0.000983. The molecule has 1 aliphatic carbocycles. The van der Waals surface area contributed by atoms with E-state index in [-0.39, 0.29) is 18.6 Å². The van der Waals surface area contributed by atoms with Crippen molar-refractivity contribution >= 4 is 17.5 Å². The van der Waals surface area contributed by atoms with Crippen molar-refractivity contribution in [3.8, 4) is 5.75 Å². The molecule has 0 saturated heterocycles. The molecule has 0 aliphatic heterocycles. The van der Waals surface area contributed by atoms with E-state index in [0.717, 1.165) is 19.3 Å². The van der Waals surface area contributed by atoms with Crippen molar-refractivity contribution in [2.24, 2.45) is 0 Å². The maximum atomic E-state index is 12.1. The Hall–Kier alpha value is -2.00. The number of rotatable bonds is 4. The van der Waals surface area contributed by atoms with Crippen molar-refractivity contribution in [2.75, 3.05) is 6.61 Å². The van der Waals surface area contributed by atoms with Crippen LogP contribution in [0.2, 0.25) is 5.02 Å². The third-order valence-electron chi connectivity index (χ3n) is 3.87. The summed E-state index contributed by atoms with van der Waals surface area (Å²) in [6, 6.07) is 15.4. The zero-order chi connectivity index (χ0) is 15.4. The van der Waals surface area contributed by atoms with Crippen LogP contribution in [0, 0.1) is 0 Å². The standard InChI is InChI=1S/C18H18ClNO2/c19-14-7-4-8-15(11-14)22-12-18(21)20-17-10-3-6-13-5-1-2-9-16(13)17/h1-2,4-5,7-9,11,17H,3,6,10,12H2,(H,20,21). The average Bonchev–Trinajstić information content (AvgIpc) is 2.53. The number of hydrogen-bond donors (Lipinski definition) is 1. The summed E-state index contributed by atoms with van der Waals surface area (Å²) in [5.41, 5.74) is 2.56. The van der Waals surface area contributed by atoms with Gasteiger partial charge >= 0.3 is 0 Å². The van der Waals surface area contributed by atoms with E-state index in [9.17, 15) is 4.79 Å². The first-order valence-electron chi connectivity index (χ1n) is 7.48. The molecule has 2 aromatic rings. The second kappa shape index (κ2) is 6.84. The number of ether oxygens (including phenoxy) is 1. The van der Waals surface area contributed by atoms with E-state index < -0.39 is 0 Å². The van der Waals surface area contributed by atoms with E-state index in [4.69, 9.17) is 16.3 Å². The number of carbonyl (C=O) groups is 1. The molecular weight excluding hydrogens is 298 g/mol. The van der Waals surface area contributed by atoms with Crippen molar-refractivity contribution < 1.29 is 9.53 Å². The van der Waals surface area contributed by atoms with Gasteiger partial charge in [0.15, 0.2) is 6.61 Å². The molecule has 1 aliphatic rings. The molecule has 3 rings (SSSR count). The average molecular weight is 316 g/mol. The van der Waals surface area contributed by atoms with E-state index in [1.807, 2.05) is 12.1 Å². The highest BCUT2D eigenvalue weighted by atomic mass is 35.5. The van der Waals surface area contributed by atoms with Crippen LogP contribution in [0.25, 0.3) is 0 Å². The SMILES string of the molecule is O=C(COc1cccc(Cl)c1)NC1CCCc2ccccc21. The summed E-state index contributed by atoms with van der Waals surface area (Å²) in [7, 11) is 0. The van der Waals surface area contributed by atoms with Gasteiger partial charge in [-0.05, 0) is 48.6 Å². The van der Waals surface area contributed by atoms with Crippen LogP contribution in [0.1, 0.15) is 30.0 Å². The van der Waals surface area contributed by atoms with Gasteiger partial charge < -0.3 is 10.1 Å². The number of nitrogens with one attached hydrogen (secondary N) is 1. The Balaban J connectivity index is 1.59. The van der Waals surface area contributed by atoms with Gasteiger partial charge in [0.05, 0.1) is 6.04 Å². The van der Waals surface area contributed by atoms with Gasteiger partial charge in [-0.2, -0.15) is 0 Å². The first-order valence-corrected chi connectivity index (χ1v) is 7.86. The predicted octanol–water partition coefficient (Wildman–Crippen LogP) is 3.91. The smallest absolute Gasteiger partial charge is 0.258 e. The molecule has 22 heavy (non-hydrogen) atoms. The summed E-state index contributed by atoms with van der Waals surface area (Å²) in [5.74, 6) is 0.494. The number of aryl methyl sites for hydroxylation is 1. The lowest BCUT2D eigenvalue weighted by Gasteiger charge is -2.26. The molecule has 1 N–H and O–H groups in total. The molecule has 0 heterocycles. The lowest BCUT2D eigenvalue weighted by molar-refractivity contribution is -0.123. The maximum Gasteiger partial charge on any atom is 0.258 e. The largest absolute Gasteiger partial charge is 0.484 e. The summed E-state index contributed by atoms with van der Waals surface area (Å²) in [4.78, 5) is 12.1. The third kappa shape index (κ3) is 3.60. The Morgan fingerprint density at radius 2 is 2.09 bits per heavy atom. The highest BCUT2D eigenvalue weighted by molar-refractivity contribution is 6.30. The second-order valence-electron chi connectivity index (χ2n) is 5.46. The van der Waals surface area contributed by atoms with Crippen LogP contribution >= 0.6 is 11.6 Å². The van der Waals surface area contributed by atoms with Crippen molar-refractivity contribution in [1.82, 2.24) is 5.32 Å². The summed E-state index contributed by atoms with van der Waals surface area (Å²) in [5, 5.41) is 3.66. The zero-order valence-corrected chi connectivity index (χ0v) is 13.0. The minimum atomic E-state index is -0.110. The molecule has 114 valence electrons. The lowest BCUT2D eigenvalue weighted by Crippen LogP contribution is -2.34. The predicted molar refractivity (Wildman–Crippen MR) is 87.2 cm³/mol. The first-order chi connectivity index (χ1) is 10.7. The van der Waals surface area contributed by atoms with Gasteiger partial charge in [0.2, 0.25) is 0 Å². The number of halogens is 1. The highest BCUT2D eigenvalue weighted by Gasteiger charge is 2.21. The number of benzene rings is 2. The van der Waals surface area contributed by atoms with E-state index in [0.29, 0.717) is 10.8 Å². The molecule has 0 radical (unpaired) electrons.